The molecule has 1 saturated heterocycles. The summed E-state index contributed by atoms with van der Waals surface area (Å²) >= 11 is 0. The van der Waals surface area contributed by atoms with Crippen molar-refractivity contribution in [2.75, 3.05) is 46.3 Å². The van der Waals surface area contributed by atoms with Crippen molar-refractivity contribution in [1.82, 2.24) is 20.4 Å². The zero-order chi connectivity index (χ0) is 21.3. The first-order chi connectivity index (χ1) is 13.8. The first-order valence-electron chi connectivity index (χ1n) is 10.5. The fourth-order valence-electron chi connectivity index (χ4n) is 3.37. The third-order valence-electron chi connectivity index (χ3n) is 4.85. The maximum absolute atomic E-state index is 12.2. The van der Waals surface area contributed by atoms with E-state index in [2.05, 4.69) is 20.5 Å². The number of hydrogen-bond acceptors (Lipinski definition) is 5. The minimum absolute atomic E-state index is 0.181. The number of carbonyl (C=O) groups excluding carboxylic acids is 1. The van der Waals surface area contributed by atoms with E-state index >= 15 is 0 Å². The number of nitrogens with one attached hydrogen (secondary N) is 2. The zero-order valence-corrected chi connectivity index (χ0v) is 18.5. The smallest absolute Gasteiger partial charge is 0.410 e. The molecule has 0 aromatic carbocycles. The number of carbonyl (C=O) groups is 1. The van der Waals surface area contributed by atoms with E-state index in [9.17, 15) is 4.79 Å². The van der Waals surface area contributed by atoms with Crippen LogP contribution in [0, 0.1) is 0 Å². The van der Waals surface area contributed by atoms with Crippen LogP contribution in [0.25, 0.3) is 0 Å². The molecule has 29 heavy (non-hydrogen) atoms. The third-order valence-corrected chi connectivity index (χ3v) is 4.85. The predicted molar refractivity (Wildman–Crippen MR) is 115 cm³/mol. The topological polar surface area (TPSA) is 82.3 Å². The van der Waals surface area contributed by atoms with Crippen molar-refractivity contribution in [1.29, 1.82) is 0 Å². The molecule has 0 aliphatic carbocycles. The van der Waals surface area contributed by atoms with Crippen molar-refractivity contribution < 1.29 is 13.9 Å². The highest BCUT2D eigenvalue weighted by Crippen LogP contribution is 2.24. The lowest BCUT2D eigenvalue weighted by atomic mass is 10.2. The summed E-state index contributed by atoms with van der Waals surface area (Å²) in [5.74, 6) is 1.68. The molecule has 1 aliphatic rings. The number of ether oxygens (including phenoxy) is 1. The van der Waals surface area contributed by atoms with Crippen LogP contribution in [0.2, 0.25) is 0 Å². The summed E-state index contributed by atoms with van der Waals surface area (Å²) in [6.07, 6.45) is 3.88. The first-order valence-corrected chi connectivity index (χ1v) is 10.5. The lowest BCUT2D eigenvalue weighted by molar-refractivity contribution is 0.0264. The lowest BCUT2D eigenvalue weighted by Gasteiger charge is -2.28. The Balaban J connectivity index is 1.82. The molecule has 164 valence electrons. The van der Waals surface area contributed by atoms with Crippen LogP contribution in [0.1, 0.15) is 52.3 Å². The number of amides is 1. The number of rotatable bonds is 8. The highest BCUT2D eigenvalue weighted by atomic mass is 16.6. The molecule has 1 amide bonds. The molecule has 0 saturated carbocycles. The van der Waals surface area contributed by atoms with E-state index in [1.165, 1.54) is 12.8 Å². The largest absolute Gasteiger partial charge is 0.468 e. The number of aliphatic imine (C=N–C) groups is 1. The van der Waals surface area contributed by atoms with Gasteiger partial charge in [-0.3, -0.25) is 9.89 Å². The van der Waals surface area contributed by atoms with Gasteiger partial charge in [0.15, 0.2) is 5.96 Å². The van der Waals surface area contributed by atoms with Gasteiger partial charge in [-0.15, -0.1) is 0 Å². The summed E-state index contributed by atoms with van der Waals surface area (Å²) in [6, 6.07) is 4.14. The molecule has 1 atom stereocenters. The number of guanidine groups is 1. The average Bonchev–Trinajstić information content (AvgIpc) is 3.36. The van der Waals surface area contributed by atoms with E-state index < -0.39 is 5.60 Å². The second kappa shape index (κ2) is 11.1. The number of furan rings is 1. The third kappa shape index (κ3) is 7.61. The number of likely N-dealkylation sites (N-methyl/N-ethyl adjacent to an activating group) is 1. The van der Waals surface area contributed by atoms with Gasteiger partial charge in [0.05, 0.1) is 12.3 Å². The van der Waals surface area contributed by atoms with Gasteiger partial charge in [0.2, 0.25) is 0 Å². The van der Waals surface area contributed by atoms with Gasteiger partial charge in [0, 0.05) is 33.2 Å². The van der Waals surface area contributed by atoms with Crippen LogP contribution < -0.4 is 10.6 Å². The van der Waals surface area contributed by atoms with Crippen molar-refractivity contribution in [3.8, 4) is 0 Å². The number of likely N-dealkylation sites (tertiary alicyclic amines) is 1. The van der Waals surface area contributed by atoms with Crippen LogP contribution in [0.4, 0.5) is 4.79 Å². The van der Waals surface area contributed by atoms with E-state index in [0.29, 0.717) is 32.1 Å². The van der Waals surface area contributed by atoms with Crippen molar-refractivity contribution >= 4 is 12.1 Å². The summed E-state index contributed by atoms with van der Waals surface area (Å²) < 4.78 is 11.1. The van der Waals surface area contributed by atoms with E-state index in [4.69, 9.17) is 9.15 Å². The van der Waals surface area contributed by atoms with Crippen molar-refractivity contribution in [3.63, 3.8) is 0 Å². The quantitative estimate of drug-likeness (QED) is 0.509. The summed E-state index contributed by atoms with van der Waals surface area (Å²) in [4.78, 5) is 20.7. The molecular formula is C21H37N5O3. The Morgan fingerprint density at radius 3 is 2.62 bits per heavy atom. The van der Waals surface area contributed by atoms with Crippen molar-refractivity contribution in [3.05, 3.63) is 24.2 Å². The first kappa shape index (κ1) is 23.1. The molecule has 0 spiro atoms. The minimum Gasteiger partial charge on any atom is -0.468 e. The minimum atomic E-state index is -0.494. The SMILES string of the molecule is CCN(CCNC(=NC)NCC(c1ccco1)N1CCCC1)C(=O)OC(C)(C)C. The summed E-state index contributed by atoms with van der Waals surface area (Å²) in [7, 11) is 1.75. The molecule has 8 heteroatoms. The van der Waals surface area contributed by atoms with Gasteiger partial charge in [0.25, 0.3) is 0 Å². The number of hydrogen-bond donors (Lipinski definition) is 2. The maximum atomic E-state index is 12.2. The molecular weight excluding hydrogens is 370 g/mol. The molecule has 1 aromatic rings. The molecule has 1 fully saturated rings. The molecule has 0 radical (unpaired) electrons. The Hall–Kier alpha value is -2.22. The molecule has 2 rings (SSSR count). The van der Waals surface area contributed by atoms with Crippen LogP contribution in [0.5, 0.6) is 0 Å². The molecule has 1 aliphatic heterocycles. The molecule has 2 heterocycles. The summed E-state index contributed by atoms with van der Waals surface area (Å²) in [5, 5.41) is 6.68. The van der Waals surface area contributed by atoms with E-state index in [-0.39, 0.29) is 12.1 Å². The fourth-order valence-corrected chi connectivity index (χ4v) is 3.37. The Kier molecular flexibility index (Phi) is 8.82. The average molecular weight is 408 g/mol. The van der Waals surface area contributed by atoms with Gasteiger partial charge >= 0.3 is 6.09 Å². The van der Waals surface area contributed by atoms with Crippen LogP contribution in [-0.4, -0.2) is 73.8 Å². The monoisotopic (exact) mass is 407 g/mol. The van der Waals surface area contributed by atoms with Gasteiger partial charge in [0.1, 0.15) is 11.4 Å². The summed E-state index contributed by atoms with van der Waals surface area (Å²) in [5.41, 5.74) is -0.494. The summed E-state index contributed by atoms with van der Waals surface area (Å²) in [6.45, 7) is 12.2. The zero-order valence-electron chi connectivity index (χ0n) is 18.5. The molecule has 0 bridgehead atoms. The van der Waals surface area contributed by atoms with Gasteiger partial charge in [-0.2, -0.15) is 0 Å². The Labute approximate surface area is 174 Å². The second-order valence-electron chi connectivity index (χ2n) is 8.21. The van der Waals surface area contributed by atoms with Crippen molar-refractivity contribution in [2.45, 2.75) is 52.2 Å². The highest BCUT2D eigenvalue weighted by molar-refractivity contribution is 5.79. The Morgan fingerprint density at radius 2 is 2.07 bits per heavy atom. The Morgan fingerprint density at radius 1 is 1.34 bits per heavy atom. The maximum Gasteiger partial charge on any atom is 0.410 e. The molecule has 1 unspecified atom stereocenters. The van der Waals surface area contributed by atoms with E-state index in [1.54, 1.807) is 18.2 Å². The second-order valence-corrected chi connectivity index (χ2v) is 8.21. The molecule has 2 N–H and O–H groups in total. The Bertz CT molecular complexity index is 633. The standard InChI is InChI=1S/C21H37N5O3/c1-6-25(20(27)29-21(2,3)4)14-11-23-19(22-5)24-16-17(18-10-9-15-28-18)26-12-7-8-13-26/h9-10,15,17H,6-8,11-14,16H2,1-5H3,(H2,22,23,24). The van der Waals surface area contributed by atoms with Crippen LogP contribution in [0.15, 0.2) is 27.8 Å². The van der Waals surface area contributed by atoms with Gasteiger partial charge in [-0.05, 0) is 65.8 Å². The van der Waals surface area contributed by atoms with Gasteiger partial charge in [-0.1, -0.05) is 0 Å². The van der Waals surface area contributed by atoms with Crippen molar-refractivity contribution in [2.24, 2.45) is 4.99 Å². The molecule has 1 aromatic heterocycles. The van der Waals surface area contributed by atoms with Crippen LogP contribution in [0.3, 0.4) is 0 Å². The van der Waals surface area contributed by atoms with E-state index in [1.807, 2.05) is 39.8 Å². The lowest BCUT2D eigenvalue weighted by Crippen LogP contribution is -2.46. The number of nitrogens with zero attached hydrogens (tertiary/aromatic N) is 3. The van der Waals surface area contributed by atoms with E-state index in [0.717, 1.165) is 18.8 Å². The highest BCUT2D eigenvalue weighted by Gasteiger charge is 2.26. The van der Waals surface area contributed by atoms with Crippen LogP contribution >= 0.6 is 0 Å². The molecule has 8 nitrogen and oxygen atoms in total. The van der Waals surface area contributed by atoms with Gasteiger partial charge < -0.3 is 24.7 Å². The fraction of sp³-hybridized carbons (Fsp3) is 0.714. The van der Waals surface area contributed by atoms with Gasteiger partial charge in [-0.25, -0.2) is 4.79 Å². The predicted octanol–water partition coefficient (Wildman–Crippen LogP) is 2.84. The normalized spacial score (nSPS) is 16.5. The van der Waals surface area contributed by atoms with Crippen LogP contribution in [-0.2, 0) is 4.74 Å².